The van der Waals surface area contributed by atoms with E-state index in [0.29, 0.717) is 17.5 Å². The monoisotopic (exact) mass is 291 g/mol. The summed E-state index contributed by atoms with van der Waals surface area (Å²) in [6.45, 7) is 9.20. The number of nitrogens with zero attached hydrogens (tertiary/aromatic N) is 2. The van der Waals surface area contributed by atoms with Crippen LogP contribution < -0.4 is 10.2 Å². The van der Waals surface area contributed by atoms with Crippen LogP contribution >= 0.6 is 0 Å². The van der Waals surface area contributed by atoms with Crippen LogP contribution in [0.1, 0.15) is 32.3 Å². The summed E-state index contributed by atoms with van der Waals surface area (Å²) in [5.41, 5.74) is 1.89. The molecule has 21 heavy (non-hydrogen) atoms. The van der Waals surface area contributed by atoms with Crippen molar-refractivity contribution >= 4 is 11.4 Å². The summed E-state index contributed by atoms with van der Waals surface area (Å²) in [6.07, 6.45) is 2.36. The lowest BCUT2D eigenvalue weighted by Crippen LogP contribution is -2.39. The number of aryl methyl sites for hydroxylation is 1. The average Bonchev–Trinajstić information content (AvgIpc) is 2.46. The van der Waals surface area contributed by atoms with E-state index < -0.39 is 0 Å². The van der Waals surface area contributed by atoms with Crippen LogP contribution in [-0.2, 0) is 0 Å². The Bertz CT molecular complexity index is 496. The highest BCUT2D eigenvalue weighted by molar-refractivity contribution is 5.57. The molecule has 1 aliphatic rings. The average molecular weight is 291 g/mol. The summed E-state index contributed by atoms with van der Waals surface area (Å²) < 4.78 is 0. The minimum atomic E-state index is -0.290. The van der Waals surface area contributed by atoms with Gasteiger partial charge in [0.05, 0.1) is 4.92 Å². The van der Waals surface area contributed by atoms with E-state index >= 15 is 0 Å². The number of nitro benzene ring substituents is 1. The molecule has 0 radical (unpaired) electrons. The first-order chi connectivity index (χ1) is 9.99. The number of nitro groups is 1. The van der Waals surface area contributed by atoms with Gasteiger partial charge >= 0.3 is 0 Å². The van der Waals surface area contributed by atoms with E-state index in [9.17, 15) is 10.1 Å². The molecule has 0 spiro atoms. The Balaban J connectivity index is 2.21. The lowest BCUT2D eigenvalue weighted by molar-refractivity contribution is -0.385. The number of nitrogens with one attached hydrogen (secondary N) is 1. The molecule has 0 aliphatic carbocycles. The Morgan fingerprint density at radius 1 is 1.38 bits per heavy atom. The van der Waals surface area contributed by atoms with Crippen LogP contribution in [0.5, 0.6) is 0 Å². The molecule has 1 aromatic rings. The summed E-state index contributed by atoms with van der Waals surface area (Å²) in [5.74, 6) is 0.661. The first kappa shape index (κ1) is 15.8. The fourth-order valence-corrected chi connectivity index (χ4v) is 2.93. The van der Waals surface area contributed by atoms with Crippen molar-refractivity contribution in [2.75, 3.05) is 24.5 Å². The van der Waals surface area contributed by atoms with Crippen LogP contribution in [0.15, 0.2) is 18.2 Å². The van der Waals surface area contributed by atoms with Gasteiger partial charge in [0.1, 0.15) is 0 Å². The predicted molar refractivity (Wildman–Crippen MR) is 85.9 cm³/mol. The van der Waals surface area contributed by atoms with E-state index in [1.807, 2.05) is 12.1 Å². The van der Waals surface area contributed by atoms with Crippen molar-refractivity contribution in [1.82, 2.24) is 5.32 Å². The number of hydrogen-bond donors (Lipinski definition) is 1. The third kappa shape index (κ3) is 3.94. The van der Waals surface area contributed by atoms with Gasteiger partial charge in [0.2, 0.25) is 0 Å². The molecule has 1 N–H and O–H groups in total. The lowest BCUT2D eigenvalue weighted by Gasteiger charge is -2.34. The van der Waals surface area contributed by atoms with Crippen LogP contribution in [0.25, 0.3) is 0 Å². The fraction of sp³-hybridized carbons (Fsp3) is 0.625. The molecule has 0 atom stereocenters. The third-order valence-corrected chi connectivity index (χ3v) is 4.26. The summed E-state index contributed by atoms with van der Waals surface area (Å²) in [5, 5.41) is 14.5. The molecule has 0 bridgehead atoms. The van der Waals surface area contributed by atoms with E-state index in [1.165, 1.54) is 12.8 Å². The molecule has 5 nitrogen and oxygen atoms in total. The van der Waals surface area contributed by atoms with Crippen molar-refractivity contribution in [3.63, 3.8) is 0 Å². The number of hydrogen-bond acceptors (Lipinski definition) is 4. The van der Waals surface area contributed by atoms with Gasteiger partial charge in [-0.25, -0.2) is 0 Å². The summed E-state index contributed by atoms with van der Waals surface area (Å²) in [4.78, 5) is 13.1. The molecular formula is C16H25N3O2. The highest BCUT2D eigenvalue weighted by Crippen LogP contribution is 2.28. The standard InChI is InChI=1S/C16H25N3O2/c1-12(2)18(11-14-6-8-17-9-7-14)15-5-4-13(3)16(10-15)19(20)21/h4-5,10,12,14,17H,6-9,11H2,1-3H3. The van der Waals surface area contributed by atoms with E-state index in [2.05, 4.69) is 24.1 Å². The zero-order valence-corrected chi connectivity index (χ0v) is 13.1. The van der Waals surface area contributed by atoms with Crippen molar-refractivity contribution in [3.05, 3.63) is 33.9 Å². The van der Waals surface area contributed by atoms with Crippen LogP contribution in [0.2, 0.25) is 0 Å². The Morgan fingerprint density at radius 2 is 2.05 bits per heavy atom. The van der Waals surface area contributed by atoms with Crippen LogP contribution in [-0.4, -0.2) is 30.6 Å². The number of rotatable bonds is 5. The molecule has 0 aromatic heterocycles. The minimum absolute atomic E-state index is 0.212. The maximum atomic E-state index is 11.1. The Labute approximate surface area is 126 Å². The van der Waals surface area contributed by atoms with Gasteiger partial charge in [0.15, 0.2) is 0 Å². The second kappa shape index (κ2) is 6.89. The first-order valence-corrected chi connectivity index (χ1v) is 7.71. The summed E-state index contributed by atoms with van der Waals surface area (Å²) >= 11 is 0. The third-order valence-electron chi connectivity index (χ3n) is 4.26. The second-order valence-electron chi connectivity index (χ2n) is 6.17. The van der Waals surface area contributed by atoms with Gasteiger partial charge in [-0.15, -0.1) is 0 Å². The topological polar surface area (TPSA) is 58.4 Å². The van der Waals surface area contributed by atoms with Crippen molar-refractivity contribution in [1.29, 1.82) is 0 Å². The van der Waals surface area contributed by atoms with E-state index in [-0.39, 0.29) is 10.6 Å². The van der Waals surface area contributed by atoms with E-state index in [4.69, 9.17) is 0 Å². The van der Waals surface area contributed by atoms with Gasteiger partial charge in [-0.3, -0.25) is 10.1 Å². The zero-order valence-electron chi connectivity index (χ0n) is 13.1. The molecule has 0 unspecified atom stereocenters. The molecule has 1 aliphatic heterocycles. The van der Waals surface area contributed by atoms with Gasteiger partial charge in [0, 0.05) is 29.9 Å². The number of anilines is 1. The van der Waals surface area contributed by atoms with E-state index in [0.717, 1.165) is 25.3 Å². The molecule has 5 heteroatoms. The van der Waals surface area contributed by atoms with E-state index in [1.54, 1.807) is 13.0 Å². The molecule has 0 amide bonds. The van der Waals surface area contributed by atoms with Crippen molar-refractivity contribution in [3.8, 4) is 0 Å². The van der Waals surface area contributed by atoms with Gasteiger partial charge in [-0.2, -0.15) is 0 Å². The predicted octanol–water partition coefficient (Wildman–Crippen LogP) is 3.12. The maximum Gasteiger partial charge on any atom is 0.274 e. The molecular weight excluding hydrogens is 266 g/mol. The highest BCUT2D eigenvalue weighted by Gasteiger charge is 2.21. The van der Waals surface area contributed by atoms with Gasteiger partial charge in [0.25, 0.3) is 5.69 Å². The maximum absolute atomic E-state index is 11.1. The van der Waals surface area contributed by atoms with Gasteiger partial charge in [-0.1, -0.05) is 6.07 Å². The summed E-state index contributed by atoms with van der Waals surface area (Å²) in [6, 6.07) is 5.91. The smallest absolute Gasteiger partial charge is 0.274 e. The van der Waals surface area contributed by atoms with Gasteiger partial charge < -0.3 is 10.2 Å². The summed E-state index contributed by atoms with van der Waals surface area (Å²) in [7, 11) is 0. The Kier molecular flexibility index (Phi) is 5.17. The fourth-order valence-electron chi connectivity index (χ4n) is 2.93. The zero-order chi connectivity index (χ0) is 15.4. The van der Waals surface area contributed by atoms with Crippen LogP contribution in [0.4, 0.5) is 11.4 Å². The lowest BCUT2D eigenvalue weighted by atomic mass is 9.96. The first-order valence-electron chi connectivity index (χ1n) is 7.71. The highest BCUT2D eigenvalue weighted by atomic mass is 16.6. The second-order valence-corrected chi connectivity index (χ2v) is 6.17. The van der Waals surface area contributed by atoms with Gasteiger partial charge in [-0.05, 0) is 58.7 Å². The normalized spacial score (nSPS) is 16.2. The SMILES string of the molecule is Cc1ccc(N(CC2CCNCC2)C(C)C)cc1[N+](=O)[O-]. The molecule has 2 rings (SSSR count). The largest absolute Gasteiger partial charge is 0.369 e. The quantitative estimate of drug-likeness (QED) is 0.669. The molecule has 1 fully saturated rings. The molecule has 116 valence electrons. The molecule has 1 aromatic carbocycles. The Hall–Kier alpha value is -1.62. The van der Waals surface area contributed by atoms with Crippen molar-refractivity contribution in [2.24, 2.45) is 5.92 Å². The minimum Gasteiger partial charge on any atom is -0.369 e. The molecule has 1 heterocycles. The Morgan fingerprint density at radius 3 is 2.62 bits per heavy atom. The number of piperidine rings is 1. The van der Waals surface area contributed by atoms with Crippen molar-refractivity contribution in [2.45, 2.75) is 39.7 Å². The van der Waals surface area contributed by atoms with Crippen molar-refractivity contribution < 1.29 is 4.92 Å². The van der Waals surface area contributed by atoms with Crippen LogP contribution in [0, 0.1) is 23.0 Å². The molecule has 1 saturated heterocycles. The molecule has 0 saturated carbocycles. The van der Waals surface area contributed by atoms with Crippen LogP contribution in [0.3, 0.4) is 0 Å². The number of benzene rings is 1.